The van der Waals surface area contributed by atoms with Crippen LogP contribution in [-0.4, -0.2) is 42.1 Å². The van der Waals surface area contributed by atoms with Crippen LogP contribution >= 0.6 is 7.82 Å². The van der Waals surface area contributed by atoms with E-state index in [0.29, 0.717) is 0 Å². The second-order valence-corrected chi connectivity index (χ2v) is 8.45. The van der Waals surface area contributed by atoms with E-state index in [9.17, 15) is 14.3 Å². The molecule has 1 unspecified atom stereocenters. The highest BCUT2D eigenvalue weighted by Crippen LogP contribution is 2.45. The van der Waals surface area contributed by atoms with Crippen LogP contribution in [0.1, 0.15) is 17.1 Å². The molecule has 0 amide bonds. The van der Waals surface area contributed by atoms with Crippen molar-refractivity contribution in [2.75, 3.05) is 27.7 Å². The first kappa shape index (κ1) is 22.3. The molecule has 0 radical (unpaired) electrons. The van der Waals surface area contributed by atoms with Gasteiger partial charge in [0.25, 0.3) is 0 Å². The van der Waals surface area contributed by atoms with E-state index in [4.69, 9.17) is 18.2 Å². The largest absolute Gasteiger partial charge is 0.519 e. The topological polar surface area (TPSA) is 117 Å². The zero-order valence-corrected chi connectivity index (χ0v) is 18.2. The molecule has 1 atom stereocenters. The van der Waals surface area contributed by atoms with Gasteiger partial charge >= 0.3 is 13.6 Å². The Labute approximate surface area is 173 Å². The van der Waals surface area contributed by atoms with E-state index in [1.807, 2.05) is 38.5 Å². The molecule has 164 valence electrons. The molecular formula is C19H25N2O8P. The molecule has 10 nitrogen and oxygen atoms in total. The summed E-state index contributed by atoms with van der Waals surface area (Å²) >= 11 is 0. The zero-order valence-electron chi connectivity index (χ0n) is 17.3. The number of fused-ring (bicyclic) bond motifs is 1. The van der Waals surface area contributed by atoms with Crippen LogP contribution in [0.25, 0.3) is 10.9 Å². The molecule has 0 saturated heterocycles. The lowest BCUT2D eigenvalue weighted by molar-refractivity contribution is 0.109. The Balaban J connectivity index is 1.74. The number of phosphoric ester groups is 1. The Morgan fingerprint density at radius 3 is 2.63 bits per heavy atom. The molecule has 1 N–H and O–H groups in total. The van der Waals surface area contributed by atoms with Gasteiger partial charge in [0.1, 0.15) is 24.8 Å². The van der Waals surface area contributed by atoms with Gasteiger partial charge in [-0.3, -0.25) is 9.05 Å². The number of likely N-dealkylation sites (N-methyl/N-ethyl adjacent to an activating group) is 1. The Morgan fingerprint density at radius 1 is 1.23 bits per heavy atom. The van der Waals surface area contributed by atoms with E-state index in [-0.39, 0.29) is 18.3 Å². The smallest absolute Gasteiger partial charge is 0.497 e. The molecular weight excluding hydrogens is 415 g/mol. The Kier molecular flexibility index (Phi) is 6.84. The highest BCUT2D eigenvalue weighted by molar-refractivity contribution is 7.47. The second-order valence-electron chi connectivity index (χ2n) is 6.99. The van der Waals surface area contributed by atoms with E-state index in [0.717, 1.165) is 35.2 Å². The van der Waals surface area contributed by atoms with Gasteiger partial charge in [-0.2, -0.15) is 0 Å². The molecule has 2 aromatic heterocycles. The van der Waals surface area contributed by atoms with Crippen molar-refractivity contribution in [3.63, 3.8) is 0 Å². The highest BCUT2D eigenvalue weighted by atomic mass is 31.2. The van der Waals surface area contributed by atoms with E-state index >= 15 is 0 Å². The number of aromatic nitrogens is 1. The van der Waals surface area contributed by atoms with Crippen LogP contribution in [0.2, 0.25) is 0 Å². The maximum Gasteiger partial charge on any atom is 0.519 e. The Morgan fingerprint density at radius 2 is 2.00 bits per heavy atom. The van der Waals surface area contributed by atoms with Gasteiger partial charge in [-0.25, -0.2) is 9.36 Å². The first-order chi connectivity index (χ1) is 14.2. The van der Waals surface area contributed by atoms with Crippen molar-refractivity contribution in [2.24, 2.45) is 0 Å². The highest BCUT2D eigenvalue weighted by Gasteiger charge is 2.24. The third-order valence-corrected chi connectivity index (χ3v) is 5.45. The lowest BCUT2D eigenvalue weighted by Crippen LogP contribution is -2.14. The van der Waals surface area contributed by atoms with Crippen LogP contribution in [0.3, 0.4) is 0 Å². The normalized spacial score (nSPS) is 13.8. The number of aryl methyl sites for hydroxylation is 1. The van der Waals surface area contributed by atoms with Crippen molar-refractivity contribution in [3.8, 4) is 5.75 Å². The van der Waals surface area contributed by atoms with Gasteiger partial charge < -0.3 is 27.9 Å². The van der Waals surface area contributed by atoms with Crippen LogP contribution < -0.4 is 10.6 Å². The van der Waals surface area contributed by atoms with Gasteiger partial charge in [0.2, 0.25) is 0 Å². The monoisotopic (exact) mass is 440 g/mol. The average molecular weight is 440 g/mol. The van der Waals surface area contributed by atoms with E-state index in [1.54, 1.807) is 11.7 Å². The number of methoxy groups -OCH3 is 1. The molecule has 2 heterocycles. The fraction of sp³-hybridized carbons (Fsp3) is 0.421. The Bertz CT molecular complexity index is 1110. The fourth-order valence-corrected chi connectivity index (χ4v) is 3.57. The first-order valence-electron chi connectivity index (χ1n) is 9.20. The third kappa shape index (κ3) is 5.41. The van der Waals surface area contributed by atoms with Crippen molar-refractivity contribution < 1.29 is 32.1 Å². The lowest BCUT2D eigenvalue weighted by Gasteiger charge is -2.12. The van der Waals surface area contributed by atoms with Gasteiger partial charge in [0.05, 0.1) is 12.6 Å². The molecule has 0 saturated carbocycles. The Hall–Kier alpha value is -2.36. The van der Waals surface area contributed by atoms with Gasteiger partial charge in [0, 0.05) is 18.1 Å². The summed E-state index contributed by atoms with van der Waals surface area (Å²) < 4.78 is 38.8. The van der Waals surface area contributed by atoms with Gasteiger partial charge in [-0.05, 0) is 51.2 Å². The maximum atomic E-state index is 12.3. The number of hydrogen-bond donors (Lipinski definition) is 1. The molecule has 3 rings (SSSR count). The molecule has 0 spiro atoms. The molecule has 0 bridgehead atoms. The van der Waals surface area contributed by atoms with Gasteiger partial charge in [-0.15, -0.1) is 0 Å². The summed E-state index contributed by atoms with van der Waals surface area (Å²) in [5, 5.41) is 0.976. The minimum Gasteiger partial charge on any atom is -0.497 e. The number of rotatable bonds is 10. The maximum absolute atomic E-state index is 12.3. The van der Waals surface area contributed by atoms with Crippen molar-refractivity contribution in [1.29, 1.82) is 0 Å². The SMILES string of the molecule is COc1ccc2c(c1)c(CCN(C)C)cn2COP(=O)(O)OCc1oc(=O)oc1C. The average Bonchev–Trinajstić information content (AvgIpc) is 3.21. The number of hydrogen-bond acceptors (Lipinski definition) is 8. The molecule has 0 fully saturated rings. The predicted octanol–water partition coefficient (Wildman–Crippen LogP) is 2.90. The molecule has 0 aliphatic carbocycles. The fourth-order valence-electron chi connectivity index (χ4n) is 2.95. The second kappa shape index (κ2) is 9.20. The minimum atomic E-state index is -4.41. The molecule has 0 aliphatic heterocycles. The number of phosphoric acid groups is 1. The van der Waals surface area contributed by atoms with Crippen LogP contribution in [0.15, 0.2) is 38.0 Å². The van der Waals surface area contributed by atoms with E-state index in [2.05, 4.69) is 9.32 Å². The summed E-state index contributed by atoms with van der Waals surface area (Å²) in [5.41, 5.74) is 1.90. The molecule has 30 heavy (non-hydrogen) atoms. The predicted molar refractivity (Wildman–Crippen MR) is 108 cm³/mol. The summed E-state index contributed by atoms with van der Waals surface area (Å²) in [6.45, 7) is 1.70. The van der Waals surface area contributed by atoms with Crippen molar-refractivity contribution in [1.82, 2.24) is 9.47 Å². The van der Waals surface area contributed by atoms with Crippen LogP contribution in [-0.2, 0) is 33.4 Å². The molecule has 3 aromatic rings. The van der Waals surface area contributed by atoms with Crippen molar-refractivity contribution in [2.45, 2.75) is 26.7 Å². The van der Waals surface area contributed by atoms with Crippen molar-refractivity contribution >= 4 is 18.7 Å². The van der Waals surface area contributed by atoms with E-state index in [1.165, 1.54) is 6.92 Å². The van der Waals surface area contributed by atoms with Crippen LogP contribution in [0, 0.1) is 6.92 Å². The number of benzene rings is 1. The summed E-state index contributed by atoms with van der Waals surface area (Å²) in [5.74, 6) is 0.0259. The van der Waals surface area contributed by atoms with Gasteiger partial charge in [-0.1, -0.05) is 0 Å². The summed E-state index contributed by atoms with van der Waals surface area (Å²) in [7, 11) is 1.18. The number of ether oxygens (including phenoxy) is 1. The van der Waals surface area contributed by atoms with Crippen LogP contribution in [0.5, 0.6) is 5.75 Å². The molecule has 11 heteroatoms. The summed E-state index contributed by atoms with van der Waals surface area (Å²) in [6.07, 6.45) is 2.67. The lowest BCUT2D eigenvalue weighted by atomic mass is 10.1. The number of nitrogens with zero attached hydrogens (tertiary/aromatic N) is 2. The molecule has 1 aromatic carbocycles. The standard InChI is InChI=1S/C19H25N2O8P/c1-13-18(29-19(22)28-13)11-26-30(23,24)27-12-21-10-14(7-8-20(2)3)16-9-15(25-4)5-6-17(16)21/h5-6,9-10H,7-8,11-12H2,1-4H3,(H,23,24). The first-order valence-corrected chi connectivity index (χ1v) is 10.7. The third-order valence-electron chi connectivity index (χ3n) is 4.55. The van der Waals surface area contributed by atoms with Crippen LogP contribution in [0.4, 0.5) is 0 Å². The van der Waals surface area contributed by atoms with Gasteiger partial charge in [0.15, 0.2) is 5.76 Å². The summed E-state index contributed by atoms with van der Waals surface area (Å²) in [6, 6.07) is 5.60. The van der Waals surface area contributed by atoms with Crippen molar-refractivity contribution in [3.05, 3.63) is 52.1 Å². The zero-order chi connectivity index (χ0) is 21.9. The quantitative estimate of drug-likeness (QED) is 0.475. The summed E-state index contributed by atoms with van der Waals surface area (Å²) in [4.78, 5) is 23.1. The minimum absolute atomic E-state index is 0.0300. The van der Waals surface area contributed by atoms with E-state index < -0.39 is 20.3 Å². The molecule has 0 aliphatic rings.